The predicted octanol–water partition coefficient (Wildman–Crippen LogP) is 4.22. The van der Waals surface area contributed by atoms with Gasteiger partial charge in [-0.05, 0) is 42.2 Å². The number of rotatable bonds is 4. The Morgan fingerprint density at radius 3 is 2.59 bits per heavy atom. The minimum atomic E-state index is -0.735. The Bertz CT molecular complexity index is 921. The first-order chi connectivity index (χ1) is 12.9. The molecule has 6 heteroatoms. The van der Waals surface area contributed by atoms with Crippen LogP contribution < -0.4 is 16.0 Å². The fraction of sp³-hybridized carbons (Fsp3) is 0.238. The molecule has 0 radical (unpaired) electrons. The highest BCUT2D eigenvalue weighted by Crippen LogP contribution is 2.30. The van der Waals surface area contributed by atoms with Gasteiger partial charge in [-0.15, -0.1) is 0 Å². The van der Waals surface area contributed by atoms with Gasteiger partial charge < -0.3 is 16.0 Å². The van der Waals surface area contributed by atoms with Crippen LogP contribution in [0.5, 0.6) is 0 Å². The lowest BCUT2D eigenvalue weighted by molar-refractivity contribution is -0.113. The zero-order valence-corrected chi connectivity index (χ0v) is 15.5. The van der Waals surface area contributed by atoms with Gasteiger partial charge in [0.05, 0.1) is 11.6 Å². The molecule has 3 N–H and O–H groups in total. The lowest BCUT2D eigenvalue weighted by Gasteiger charge is -2.29. The number of halogens is 1. The van der Waals surface area contributed by atoms with E-state index in [0.29, 0.717) is 22.5 Å². The number of hydrogen-bond donors (Lipinski definition) is 3. The van der Waals surface area contributed by atoms with Crippen molar-refractivity contribution in [2.24, 2.45) is 0 Å². The van der Waals surface area contributed by atoms with Crippen LogP contribution in [0.1, 0.15) is 43.9 Å². The second-order valence-corrected chi connectivity index (χ2v) is 6.82. The number of carbonyl (C=O) groups excluding carboxylic acids is 2. The summed E-state index contributed by atoms with van der Waals surface area (Å²) < 4.78 is 13.7. The summed E-state index contributed by atoms with van der Waals surface area (Å²) >= 11 is 0. The van der Waals surface area contributed by atoms with E-state index in [9.17, 15) is 14.0 Å². The smallest absolute Gasteiger partial charge is 0.319 e. The van der Waals surface area contributed by atoms with Crippen molar-refractivity contribution in [1.82, 2.24) is 10.6 Å². The number of amides is 3. The van der Waals surface area contributed by atoms with Crippen LogP contribution in [0, 0.1) is 5.82 Å². The predicted molar refractivity (Wildman–Crippen MR) is 103 cm³/mol. The Balaban J connectivity index is 1.98. The summed E-state index contributed by atoms with van der Waals surface area (Å²) in [5, 5.41) is 8.27. The molecule has 1 aliphatic heterocycles. The fourth-order valence-corrected chi connectivity index (χ4v) is 3.23. The van der Waals surface area contributed by atoms with Gasteiger partial charge in [0.2, 0.25) is 0 Å². The van der Waals surface area contributed by atoms with Crippen molar-refractivity contribution in [3.8, 4) is 0 Å². The number of benzene rings is 2. The van der Waals surface area contributed by atoms with Gasteiger partial charge in [0.1, 0.15) is 5.82 Å². The zero-order valence-electron chi connectivity index (χ0n) is 15.5. The molecular weight excluding hydrogens is 345 g/mol. The first kappa shape index (κ1) is 18.6. The maximum atomic E-state index is 13.7. The van der Waals surface area contributed by atoms with E-state index in [-0.39, 0.29) is 11.8 Å². The van der Waals surface area contributed by atoms with E-state index in [0.717, 1.165) is 5.56 Å². The van der Waals surface area contributed by atoms with Crippen LogP contribution in [0.2, 0.25) is 0 Å². The number of para-hydroxylation sites is 1. The van der Waals surface area contributed by atoms with Crippen molar-refractivity contribution in [1.29, 1.82) is 0 Å². The quantitative estimate of drug-likeness (QED) is 0.757. The Kier molecular flexibility index (Phi) is 5.26. The molecule has 1 atom stereocenters. The summed E-state index contributed by atoms with van der Waals surface area (Å²) in [6, 6.07) is 12.3. The molecule has 0 spiro atoms. The minimum Gasteiger partial charge on any atom is -0.327 e. The molecule has 5 nitrogen and oxygen atoms in total. The maximum Gasteiger partial charge on any atom is 0.319 e. The van der Waals surface area contributed by atoms with Gasteiger partial charge in [-0.1, -0.05) is 44.2 Å². The van der Waals surface area contributed by atoms with Gasteiger partial charge in [-0.3, -0.25) is 4.79 Å². The summed E-state index contributed by atoms with van der Waals surface area (Å²) in [6.07, 6.45) is 0. The molecule has 2 aromatic carbocycles. The first-order valence-corrected chi connectivity index (χ1v) is 8.81. The summed E-state index contributed by atoms with van der Waals surface area (Å²) in [4.78, 5) is 25.0. The summed E-state index contributed by atoms with van der Waals surface area (Å²) in [7, 11) is 0. The van der Waals surface area contributed by atoms with E-state index in [4.69, 9.17) is 0 Å². The van der Waals surface area contributed by atoms with E-state index in [1.165, 1.54) is 12.1 Å². The van der Waals surface area contributed by atoms with E-state index in [2.05, 4.69) is 16.0 Å². The van der Waals surface area contributed by atoms with E-state index in [1.807, 2.05) is 38.1 Å². The second-order valence-electron chi connectivity index (χ2n) is 6.82. The topological polar surface area (TPSA) is 70.2 Å². The molecule has 0 unspecified atom stereocenters. The van der Waals surface area contributed by atoms with Crippen molar-refractivity contribution >= 4 is 17.6 Å². The molecule has 1 heterocycles. The largest absolute Gasteiger partial charge is 0.327 e. The van der Waals surface area contributed by atoms with Crippen LogP contribution in [-0.2, 0) is 4.79 Å². The highest BCUT2D eigenvalue weighted by atomic mass is 19.1. The lowest BCUT2D eigenvalue weighted by Crippen LogP contribution is -2.46. The monoisotopic (exact) mass is 367 g/mol. The van der Waals surface area contributed by atoms with Crippen molar-refractivity contribution in [3.63, 3.8) is 0 Å². The maximum absolute atomic E-state index is 13.7. The molecule has 140 valence electrons. The number of nitrogens with one attached hydrogen (secondary N) is 3. The van der Waals surface area contributed by atoms with Crippen molar-refractivity contribution < 1.29 is 14.0 Å². The Labute approximate surface area is 157 Å². The van der Waals surface area contributed by atoms with Crippen molar-refractivity contribution in [2.75, 3.05) is 5.32 Å². The van der Waals surface area contributed by atoms with Crippen LogP contribution in [0.15, 0.2) is 59.8 Å². The van der Waals surface area contributed by atoms with E-state index < -0.39 is 17.9 Å². The normalized spacial score (nSPS) is 16.8. The van der Waals surface area contributed by atoms with Crippen LogP contribution in [0.4, 0.5) is 14.9 Å². The molecule has 1 aliphatic rings. The zero-order chi connectivity index (χ0) is 19.6. The molecule has 27 heavy (non-hydrogen) atoms. The molecule has 0 fully saturated rings. The number of allylic oxidation sites excluding steroid dienone is 1. The number of hydrogen-bond acceptors (Lipinski definition) is 2. The van der Waals surface area contributed by atoms with Crippen LogP contribution >= 0.6 is 0 Å². The summed E-state index contributed by atoms with van der Waals surface area (Å²) in [6.45, 7) is 5.76. The molecular formula is C21H22FN3O2. The highest BCUT2D eigenvalue weighted by Gasteiger charge is 2.31. The average molecular weight is 367 g/mol. The molecule has 0 bridgehead atoms. The van der Waals surface area contributed by atoms with Crippen molar-refractivity contribution in [2.45, 2.75) is 32.7 Å². The SMILES string of the molecule is CC1=C(C(=O)Nc2ccccc2C(C)C)[C@H](c2cccc(F)c2)NC(=O)N1. The van der Waals surface area contributed by atoms with Gasteiger partial charge in [-0.25, -0.2) is 9.18 Å². The standard InChI is InChI=1S/C21H22FN3O2/c1-12(2)16-9-4-5-10-17(16)24-20(26)18-13(3)23-21(27)25-19(18)14-7-6-8-15(22)11-14/h4-12,19H,1-3H3,(H,24,26)(H2,23,25,27)/t19-/m0/s1. The molecule has 3 amide bonds. The van der Waals surface area contributed by atoms with E-state index in [1.54, 1.807) is 19.1 Å². The number of anilines is 1. The molecule has 0 aliphatic carbocycles. The van der Waals surface area contributed by atoms with Crippen molar-refractivity contribution in [3.05, 3.63) is 76.7 Å². The summed E-state index contributed by atoms with van der Waals surface area (Å²) in [5.41, 5.74) is 3.02. The van der Waals surface area contributed by atoms with Gasteiger partial charge in [-0.2, -0.15) is 0 Å². The van der Waals surface area contributed by atoms with Gasteiger partial charge in [0.15, 0.2) is 0 Å². The van der Waals surface area contributed by atoms with Crippen LogP contribution in [0.25, 0.3) is 0 Å². The van der Waals surface area contributed by atoms with Gasteiger partial charge in [0, 0.05) is 11.4 Å². The third-order valence-corrected chi connectivity index (χ3v) is 4.53. The van der Waals surface area contributed by atoms with Crippen LogP contribution in [0.3, 0.4) is 0 Å². The third-order valence-electron chi connectivity index (χ3n) is 4.53. The third kappa shape index (κ3) is 4.00. The molecule has 0 saturated heterocycles. The lowest BCUT2D eigenvalue weighted by atomic mass is 9.94. The second kappa shape index (κ2) is 7.61. The molecule has 0 saturated carbocycles. The minimum absolute atomic E-state index is 0.236. The van der Waals surface area contributed by atoms with Gasteiger partial charge >= 0.3 is 6.03 Å². The Morgan fingerprint density at radius 2 is 1.89 bits per heavy atom. The Hall–Kier alpha value is -3.15. The van der Waals surface area contributed by atoms with Gasteiger partial charge in [0.25, 0.3) is 5.91 Å². The summed E-state index contributed by atoms with van der Waals surface area (Å²) in [5.74, 6) is -0.537. The number of urea groups is 1. The molecule has 3 rings (SSSR count). The average Bonchev–Trinajstić information content (AvgIpc) is 2.61. The molecule has 2 aromatic rings. The highest BCUT2D eigenvalue weighted by molar-refractivity contribution is 6.07. The molecule has 0 aromatic heterocycles. The van der Waals surface area contributed by atoms with Crippen LogP contribution in [-0.4, -0.2) is 11.9 Å². The first-order valence-electron chi connectivity index (χ1n) is 8.81. The Morgan fingerprint density at radius 1 is 1.15 bits per heavy atom. The number of carbonyl (C=O) groups is 2. The fourth-order valence-electron chi connectivity index (χ4n) is 3.23. The van der Waals surface area contributed by atoms with E-state index >= 15 is 0 Å².